The lowest BCUT2D eigenvalue weighted by molar-refractivity contribution is 0.342. The molecule has 1 rings (SSSR count). The van der Waals surface area contributed by atoms with Crippen molar-refractivity contribution in [2.24, 2.45) is 5.41 Å². The van der Waals surface area contributed by atoms with Crippen LogP contribution in [0.5, 0.6) is 0 Å². The molecule has 1 aromatic rings. The van der Waals surface area contributed by atoms with Crippen LogP contribution in [0.15, 0.2) is 0 Å². The van der Waals surface area contributed by atoms with Crippen molar-refractivity contribution in [1.29, 1.82) is 0 Å². The fraction of sp³-hybridized carbons (Fsp3) is 0.765. The number of rotatable bonds is 9. The Labute approximate surface area is 130 Å². The van der Waals surface area contributed by atoms with Gasteiger partial charge in [0.2, 0.25) is 0 Å². The van der Waals surface area contributed by atoms with Gasteiger partial charge in [0.25, 0.3) is 0 Å². The Morgan fingerprint density at radius 2 is 1.57 bits per heavy atom. The van der Waals surface area contributed by atoms with Gasteiger partial charge in [-0.2, -0.15) is 0 Å². The van der Waals surface area contributed by atoms with Crippen LogP contribution in [0.25, 0.3) is 0 Å². The number of anilines is 2. The van der Waals surface area contributed by atoms with Crippen molar-refractivity contribution >= 4 is 11.6 Å². The average Bonchev–Trinajstić information content (AvgIpc) is 2.41. The van der Waals surface area contributed by atoms with Gasteiger partial charge < -0.3 is 10.6 Å². The van der Waals surface area contributed by atoms with Gasteiger partial charge in [-0.15, -0.1) is 0 Å². The molecule has 0 saturated carbocycles. The van der Waals surface area contributed by atoms with Crippen LogP contribution in [0.4, 0.5) is 11.6 Å². The zero-order valence-electron chi connectivity index (χ0n) is 14.6. The molecule has 0 aromatic carbocycles. The average molecular weight is 292 g/mol. The molecule has 0 amide bonds. The van der Waals surface area contributed by atoms with Crippen LogP contribution in [0.2, 0.25) is 0 Å². The number of nitrogens with one attached hydrogen (secondary N) is 2. The van der Waals surface area contributed by atoms with Crippen molar-refractivity contribution in [2.45, 2.75) is 67.2 Å². The molecule has 0 aliphatic rings. The molecule has 1 heterocycles. The molecule has 0 atom stereocenters. The first-order valence-electron chi connectivity index (χ1n) is 8.22. The molecule has 0 fully saturated rings. The quantitative estimate of drug-likeness (QED) is 0.656. The van der Waals surface area contributed by atoms with Crippen LogP contribution >= 0.6 is 0 Å². The maximum absolute atomic E-state index is 4.55. The third kappa shape index (κ3) is 5.90. The first-order valence-corrected chi connectivity index (χ1v) is 8.22. The molecule has 1 aromatic heterocycles. The van der Waals surface area contributed by atoms with E-state index in [9.17, 15) is 0 Å². The van der Waals surface area contributed by atoms with E-state index in [0.717, 1.165) is 36.1 Å². The third-order valence-electron chi connectivity index (χ3n) is 3.79. The predicted molar refractivity (Wildman–Crippen MR) is 92.1 cm³/mol. The summed E-state index contributed by atoms with van der Waals surface area (Å²) in [4.78, 5) is 9.02. The standard InChI is InChI=1S/C17H32N4/c1-7-9-10-11-17(5,6)12-19-16-13(3)15(18-8-2)20-14(4)21-16/h7-12H2,1-6H3,(H2,18,19,20,21). The normalized spacial score (nSPS) is 11.5. The van der Waals surface area contributed by atoms with Crippen LogP contribution in [-0.2, 0) is 0 Å². The highest BCUT2D eigenvalue weighted by Crippen LogP contribution is 2.26. The van der Waals surface area contributed by atoms with Crippen molar-refractivity contribution in [3.63, 3.8) is 0 Å². The molecule has 0 radical (unpaired) electrons. The van der Waals surface area contributed by atoms with Crippen molar-refractivity contribution in [1.82, 2.24) is 9.97 Å². The number of hydrogen-bond donors (Lipinski definition) is 2. The van der Waals surface area contributed by atoms with Crippen molar-refractivity contribution in [2.75, 3.05) is 23.7 Å². The summed E-state index contributed by atoms with van der Waals surface area (Å²) in [5.41, 5.74) is 1.39. The van der Waals surface area contributed by atoms with Crippen molar-refractivity contribution in [3.8, 4) is 0 Å². The van der Waals surface area contributed by atoms with Gasteiger partial charge >= 0.3 is 0 Å². The highest BCUT2D eigenvalue weighted by molar-refractivity contribution is 5.57. The van der Waals surface area contributed by atoms with Gasteiger partial charge in [-0.3, -0.25) is 0 Å². The molecular formula is C17H32N4. The second kappa shape index (κ2) is 8.20. The molecule has 2 N–H and O–H groups in total. The SMILES string of the molecule is CCCCCC(C)(C)CNc1nc(C)nc(NCC)c1C. The summed E-state index contributed by atoms with van der Waals surface area (Å²) in [6.07, 6.45) is 5.14. The Morgan fingerprint density at radius 1 is 0.952 bits per heavy atom. The monoisotopic (exact) mass is 292 g/mol. The lowest BCUT2D eigenvalue weighted by Crippen LogP contribution is -2.24. The molecule has 0 unspecified atom stereocenters. The largest absolute Gasteiger partial charge is 0.370 e. The summed E-state index contributed by atoms with van der Waals surface area (Å²) in [5.74, 6) is 2.71. The first-order chi connectivity index (χ1) is 9.89. The molecule has 120 valence electrons. The summed E-state index contributed by atoms with van der Waals surface area (Å²) in [7, 11) is 0. The van der Waals surface area contributed by atoms with E-state index >= 15 is 0 Å². The summed E-state index contributed by atoms with van der Waals surface area (Å²) >= 11 is 0. The van der Waals surface area contributed by atoms with Crippen LogP contribution < -0.4 is 10.6 Å². The molecule has 4 nitrogen and oxygen atoms in total. The van der Waals surface area contributed by atoms with Crippen molar-refractivity contribution < 1.29 is 0 Å². The highest BCUT2D eigenvalue weighted by atomic mass is 15.1. The Balaban J connectivity index is 2.70. The fourth-order valence-corrected chi connectivity index (χ4v) is 2.41. The van der Waals surface area contributed by atoms with E-state index in [-0.39, 0.29) is 0 Å². The van der Waals surface area contributed by atoms with Crippen molar-refractivity contribution in [3.05, 3.63) is 11.4 Å². The van der Waals surface area contributed by atoms with Gasteiger partial charge in [0.15, 0.2) is 0 Å². The second-order valence-corrected chi connectivity index (χ2v) is 6.60. The highest BCUT2D eigenvalue weighted by Gasteiger charge is 2.18. The van der Waals surface area contributed by atoms with Crippen LogP contribution in [0, 0.1) is 19.3 Å². The van der Waals surface area contributed by atoms with E-state index in [1.54, 1.807) is 0 Å². The van der Waals surface area contributed by atoms with Crippen LogP contribution in [0.1, 0.15) is 64.8 Å². The van der Waals surface area contributed by atoms with Gasteiger partial charge in [-0.1, -0.05) is 40.0 Å². The van der Waals surface area contributed by atoms with E-state index in [0.29, 0.717) is 5.41 Å². The maximum Gasteiger partial charge on any atom is 0.134 e. The number of nitrogens with zero attached hydrogens (tertiary/aromatic N) is 2. The third-order valence-corrected chi connectivity index (χ3v) is 3.79. The zero-order chi connectivity index (χ0) is 15.9. The van der Waals surface area contributed by atoms with Crippen LogP contribution in [-0.4, -0.2) is 23.1 Å². The fourth-order valence-electron chi connectivity index (χ4n) is 2.41. The minimum Gasteiger partial charge on any atom is -0.370 e. The van der Waals surface area contributed by atoms with Gasteiger partial charge in [0.1, 0.15) is 17.5 Å². The van der Waals surface area contributed by atoms with E-state index in [4.69, 9.17) is 0 Å². The molecule has 0 saturated heterocycles. The number of aromatic nitrogens is 2. The number of unbranched alkanes of at least 4 members (excludes halogenated alkanes) is 2. The van der Waals surface area contributed by atoms with Gasteiger partial charge in [-0.25, -0.2) is 9.97 Å². The van der Waals surface area contributed by atoms with E-state index in [1.165, 1.54) is 25.7 Å². The zero-order valence-corrected chi connectivity index (χ0v) is 14.6. The van der Waals surface area contributed by atoms with Gasteiger partial charge in [0, 0.05) is 18.7 Å². The smallest absolute Gasteiger partial charge is 0.134 e. The topological polar surface area (TPSA) is 49.8 Å². The van der Waals surface area contributed by atoms with E-state index in [1.807, 2.05) is 6.92 Å². The van der Waals surface area contributed by atoms with Crippen LogP contribution in [0.3, 0.4) is 0 Å². The Morgan fingerprint density at radius 3 is 2.14 bits per heavy atom. The van der Waals surface area contributed by atoms with Gasteiger partial charge in [0.05, 0.1) is 0 Å². The van der Waals surface area contributed by atoms with Gasteiger partial charge in [-0.05, 0) is 32.6 Å². The summed E-state index contributed by atoms with van der Waals surface area (Å²) in [5, 5.41) is 6.83. The lowest BCUT2D eigenvalue weighted by atomic mass is 9.87. The Kier molecular flexibility index (Phi) is 6.93. The summed E-state index contributed by atoms with van der Waals surface area (Å²) in [6.45, 7) is 14.8. The lowest BCUT2D eigenvalue weighted by Gasteiger charge is -2.26. The molecule has 0 spiro atoms. The first kappa shape index (κ1) is 17.7. The number of hydrogen-bond acceptors (Lipinski definition) is 4. The maximum atomic E-state index is 4.55. The Bertz CT molecular complexity index is 441. The predicted octanol–water partition coefficient (Wildman–Crippen LogP) is 4.54. The Hall–Kier alpha value is -1.32. The molecule has 0 aliphatic carbocycles. The number of aryl methyl sites for hydroxylation is 1. The minimum absolute atomic E-state index is 0.290. The molecule has 4 heteroatoms. The van der Waals surface area contributed by atoms with E-state index in [2.05, 4.69) is 55.2 Å². The molecule has 21 heavy (non-hydrogen) atoms. The second-order valence-electron chi connectivity index (χ2n) is 6.60. The summed E-state index contributed by atoms with van der Waals surface area (Å²) in [6, 6.07) is 0. The molecular weight excluding hydrogens is 260 g/mol. The minimum atomic E-state index is 0.290. The molecule has 0 aliphatic heterocycles. The molecule has 0 bridgehead atoms. The summed E-state index contributed by atoms with van der Waals surface area (Å²) < 4.78 is 0. The van der Waals surface area contributed by atoms with E-state index < -0.39 is 0 Å².